The summed E-state index contributed by atoms with van der Waals surface area (Å²) in [5.74, 6) is 1.52. The first-order valence-corrected chi connectivity index (χ1v) is 8.89. The van der Waals surface area contributed by atoms with Crippen molar-refractivity contribution < 1.29 is 4.79 Å². The van der Waals surface area contributed by atoms with Crippen LogP contribution in [-0.2, 0) is 0 Å². The first kappa shape index (κ1) is 17.0. The molecule has 0 unspecified atom stereocenters. The summed E-state index contributed by atoms with van der Waals surface area (Å²) in [5, 5.41) is 2.81. The van der Waals surface area contributed by atoms with Gasteiger partial charge in [-0.3, -0.25) is 4.79 Å². The summed E-state index contributed by atoms with van der Waals surface area (Å²) in [4.78, 5) is 29.8. The van der Waals surface area contributed by atoms with E-state index >= 15 is 0 Å². The highest BCUT2D eigenvalue weighted by Gasteiger charge is 2.19. The molecule has 3 aromatic rings. The zero-order valence-corrected chi connectivity index (χ0v) is 14.8. The van der Waals surface area contributed by atoms with E-state index in [0.717, 1.165) is 43.5 Å². The Morgan fingerprint density at radius 3 is 2.11 bits per heavy atom. The van der Waals surface area contributed by atoms with Crippen molar-refractivity contribution >= 4 is 23.2 Å². The van der Waals surface area contributed by atoms with Crippen LogP contribution < -0.4 is 15.1 Å². The molecule has 1 aromatic carbocycles. The summed E-state index contributed by atoms with van der Waals surface area (Å²) in [5.41, 5.74) is 1.04. The molecule has 1 saturated heterocycles. The van der Waals surface area contributed by atoms with E-state index in [2.05, 4.69) is 30.1 Å². The topological polar surface area (TPSA) is 74.2 Å². The van der Waals surface area contributed by atoms with Gasteiger partial charge in [0.1, 0.15) is 17.3 Å². The molecule has 0 spiro atoms. The monoisotopic (exact) mass is 360 g/mol. The minimum Gasteiger partial charge on any atom is -0.353 e. The first-order valence-electron chi connectivity index (χ1n) is 8.89. The van der Waals surface area contributed by atoms with Crippen LogP contribution in [0.1, 0.15) is 10.5 Å². The number of para-hydroxylation sites is 1. The van der Waals surface area contributed by atoms with Crippen LogP contribution >= 0.6 is 0 Å². The molecule has 1 N–H and O–H groups in total. The lowest BCUT2D eigenvalue weighted by Crippen LogP contribution is -2.47. The summed E-state index contributed by atoms with van der Waals surface area (Å²) in [7, 11) is 0. The van der Waals surface area contributed by atoms with Gasteiger partial charge in [0.25, 0.3) is 5.91 Å². The van der Waals surface area contributed by atoms with Crippen LogP contribution in [0.25, 0.3) is 0 Å². The van der Waals surface area contributed by atoms with Gasteiger partial charge in [0.15, 0.2) is 0 Å². The summed E-state index contributed by atoms with van der Waals surface area (Å²) in [6.07, 6.45) is 5.00. The molecule has 0 aliphatic carbocycles. The maximum atomic E-state index is 12.3. The number of hydrogen-bond acceptors (Lipinski definition) is 6. The maximum absolute atomic E-state index is 12.3. The molecule has 7 nitrogen and oxygen atoms in total. The summed E-state index contributed by atoms with van der Waals surface area (Å²) in [6.45, 7) is 3.41. The molecule has 0 saturated carbocycles. The Kier molecular flexibility index (Phi) is 4.91. The van der Waals surface area contributed by atoms with Crippen LogP contribution in [0.5, 0.6) is 0 Å². The van der Waals surface area contributed by atoms with E-state index in [9.17, 15) is 4.79 Å². The number of nitrogens with zero attached hydrogens (tertiary/aromatic N) is 5. The minimum atomic E-state index is -0.264. The van der Waals surface area contributed by atoms with Crippen molar-refractivity contribution in [1.82, 2.24) is 15.0 Å². The van der Waals surface area contributed by atoms with Crippen molar-refractivity contribution in [2.75, 3.05) is 41.3 Å². The summed E-state index contributed by atoms with van der Waals surface area (Å²) >= 11 is 0. The fourth-order valence-corrected chi connectivity index (χ4v) is 3.02. The third-order valence-corrected chi connectivity index (χ3v) is 4.48. The van der Waals surface area contributed by atoms with Gasteiger partial charge in [0.05, 0.1) is 12.4 Å². The standard InChI is InChI=1S/C20H20N6O/c27-20(24-16-6-2-1-3-7-16)17-14-23-19(15-22-17)26-12-10-25(11-13-26)18-8-4-5-9-21-18/h1-9,14-15H,10-13H2,(H,24,27). The van der Waals surface area contributed by atoms with E-state index in [0.29, 0.717) is 5.69 Å². The highest BCUT2D eigenvalue weighted by atomic mass is 16.1. The molecular weight excluding hydrogens is 340 g/mol. The average Bonchev–Trinajstić information content (AvgIpc) is 2.75. The van der Waals surface area contributed by atoms with Crippen molar-refractivity contribution in [2.45, 2.75) is 0 Å². The number of pyridine rings is 1. The first-order chi connectivity index (χ1) is 13.3. The zero-order valence-electron chi connectivity index (χ0n) is 14.8. The molecule has 1 aliphatic rings. The molecule has 7 heteroatoms. The van der Waals surface area contributed by atoms with E-state index in [-0.39, 0.29) is 5.91 Å². The van der Waals surface area contributed by atoms with Gasteiger partial charge in [0, 0.05) is 38.1 Å². The average molecular weight is 360 g/mol. The van der Waals surface area contributed by atoms with Crippen LogP contribution in [0.4, 0.5) is 17.3 Å². The minimum absolute atomic E-state index is 0.264. The van der Waals surface area contributed by atoms with Crippen molar-refractivity contribution in [3.05, 3.63) is 72.8 Å². The largest absolute Gasteiger partial charge is 0.353 e. The fraction of sp³-hybridized carbons (Fsp3) is 0.200. The number of nitrogens with one attached hydrogen (secondary N) is 1. The second-order valence-electron chi connectivity index (χ2n) is 6.24. The van der Waals surface area contributed by atoms with E-state index in [4.69, 9.17) is 0 Å². The Labute approximate surface area is 157 Å². The molecule has 136 valence electrons. The van der Waals surface area contributed by atoms with Gasteiger partial charge in [0.2, 0.25) is 0 Å². The summed E-state index contributed by atoms with van der Waals surface area (Å²) < 4.78 is 0. The Morgan fingerprint density at radius 1 is 0.778 bits per heavy atom. The highest BCUT2D eigenvalue weighted by molar-refractivity contribution is 6.02. The molecule has 0 radical (unpaired) electrons. The van der Waals surface area contributed by atoms with E-state index in [1.807, 2.05) is 54.7 Å². The fourth-order valence-electron chi connectivity index (χ4n) is 3.02. The number of benzene rings is 1. The van der Waals surface area contributed by atoms with Crippen LogP contribution in [0.3, 0.4) is 0 Å². The Balaban J connectivity index is 1.36. The quantitative estimate of drug-likeness (QED) is 0.770. The normalized spacial score (nSPS) is 14.1. The van der Waals surface area contributed by atoms with Gasteiger partial charge in [-0.15, -0.1) is 0 Å². The zero-order chi connectivity index (χ0) is 18.5. The van der Waals surface area contributed by atoms with Crippen molar-refractivity contribution in [1.29, 1.82) is 0 Å². The van der Waals surface area contributed by atoms with Gasteiger partial charge in [-0.05, 0) is 24.3 Å². The lowest BCUT2D eigenvalue weighted by molar-refractivity contribution is 0.102. The SMILES string of the molecule is O=C(Nc1ccccc1)c1cnc(N2CCN(c3ccccn3)CC2)cn1. The molecular formula is C20H20N6O. The molecule has 1 amide bonds. The molecule has 1 aliphatic heterocycles. The van der Waals surface area contributed by atoms with Crippen LogP contribution in [0, 0.1) is 0 Å². The van der Waals surface area contributed by atoms with Crippen molar-refractivity contribution in [2.24, 2.45) is 0 Å². The molecule has 0 bridgehead atoms. The third kappa shape index (κ3) is 4.03. The number of piperazine rings is 1. The highest BCUT2D eigenvalue weighted by Crippen LogP contribution is 2.17. The van der Waals surface area contributed by atoms with Crippen LogP contribution in [-0.4, -0.2) is 47.0 Å². The van der Waals surface area contributed by atoms with Crippen molar-refractivity contribution in [3.8, 4) is 0 Å². The van der Waals surface area contributed by atoms with E-state index in [1.165, 1.54) is 6.20 Å². The Bertz CT molecular complexity index is 877. The molecule has 2 aromatic heterocycles. The molecule has 3 heterocycles. The lowest BCUT2D eigenvalue weighted by Gasteiger charge is -2.35. The van der Waals surface area contributed by atoms with Crippen molar-refractivity contribution in [3.63, 3.8) is 0 Å². The van der Waals surface area contributed by atoms with Gasteiger partial charge in [-0.2, -0.15) is 0 Å². The van der Waals surface area contributed by atoms with E-state index < -0.39 is 0 Å². The molecule has 27 heavy (non-hydrogen) atoms. The predicted molar refractivity (Wildman–Crippen MR) is 105 cm³/mol. The number of amides is 1. The Morgan fingerprint density at radius 2 is 1.48 bits per heavy atom. The Hall–Kier alpha value is -3.48. The summed E-state index contributed by atoms with van der Waals surface area (Å²) in [6, 6.07) is 15.3. The number of rotatable bonds is 4. The van der Waals surface area contributed by atoms with Gasteiger partial charge in [-0.25, -0.2) is 15.0 Å². The predicted octanol–water partition coefficient (Wildman–Crippen LogP) is 2.45. The molecule has 1 fully saturated rings. The number of aromatic nitrogens is 3. The second kappa shape index (κ2) is 7.82. The third-order valence-electron chi connectivity index (χ3n) is 4.48. The van der Waals surface area contributed by atoms with Crippen LogP contribution in [0.15, 0.2) is 67.1 Å². The lowest BCUT2D eigenvalue weighted by atomic mass is 10.3. The number of carbonyl (C=O) groups is 1. The van der Waals surface area contributed by atoms with Gasteiger partial charge in [-0.1, -0.05) is 24.3 Å². The van der Waals surface area contributed by atoms with Gasteiger partial charge < -0.3 is 15.1 Å². The molecule has 0 atom stereocenters. The van der Waals surface area contributed by atoms with E-state index in [1.54, 1.807) is 6.20 Å². The number of carbonyl (C=O) groups excluding carboxylic acids is 1. The smallest absolute Gasteiger partial charge is 0.275 e. The van der Waals surface area contributed by atoms with Gasteiger partial charge >= 0.3 is 0 Å². The number of anilines is 3. The second-order valence-corrected chi connectivity index (χ2v) is 6.24. The maximum Gasteiger partial charge on any atom is 0.275 e. The number of hydrogen-bond donors (Lipinski definition) is 1. The molecule has 4 rings (SSSR count). The van der Waals surface area contributed by atoms with Crippen LogP contribution in [0.2, 0.25) is 0 Å².